The topological polar surface area (TPSA) is 106 Å². The Morgan fingerprint density at radius 3 is 2.25 bits per heavy atom. The zero-order valence-corrected chi connectivity index (χ0v) is 24.3. The fourth-order valence-corrected chi connectivity index (χ4v) is 5.39. The number of aryl methyl sites for hydroxylation is 2. The Bertz CT molecular complexity index is 1430. The third-order valence-electron chi connectivity index (χ3n) is 7.62. The number of ether oxygens (including phenoxy) is 3. The summed E-state index contributed by atoms with van der Waals surface area (Å²) >= 11 is 0. The largest absolute Gasteiger partial charge is 0.505 e. The summed E-state index contributed by atoms with van der Waals surface area (Å²) in [5, 5.41) is 11.7. The Balaban J connectivity index is 1.91. The van der Waals surface area contributed by atoms with Crippen molar-refractivity contribution < 1.29 is 28.9 Å². The van der Waals surface area contributed by atoms with Crippen molar-refractivity contribution in [3.63, 3.8) is 0 Å². The first-order chi connectivity index (χ1) is 19.2. The molecule has 0 spiro atoms. The van der Waals surface area contributed by atoms with Crippen LogP contribution in [0.25, 0.3) is 11.4 Å². The van der Waals surface area contributed by atoms with Crippen molar-refractivity contribution in [1.29, 1.82) is 0 Å². The van der Waals surface area contributed by atoms with Crippen LogP contribution in [0.15, 0.2) is 36.0 Å². The Labute approximate surface area is 234 Å². The van der Waals surface area contributed by atoms with E-state index in [1.165, 1.54) is 26.2 Å². The molecule has 1 N–H and O–H groups in total. The highest BCUT2D eigenvalue weighted by Gasteiger charge is 2.47. The van der Waals surface area contributed by atoms with Crippen molar-refractivity contribution in [3.8, 4) is 17.2 Å². The van der Waals surface area contributed by atoms with Crippen LogP contribution in [0, 0.1) is 13.8 Å². The summed E-state index contributed by atoms with van der Waals surface area (Å²) in [5.41, 5.74) is 3.03. The number of likely N-dealkylation sites (tertiary alicyclic amines) is 1. The van der Waals surface area contributed by atoms with Crippen molar-refractivity contribution in [2.75, 3.05) is 47.5 Å². The monoisotopic (exact) mass is 550 g/mol. The molecule has 0 saturated carbocycles. The van der Waals surface area contributed by atoms with Gasteiger partial charge in [-0.3, -0.25) is 9.59 Å². The number of aromatic nitrogens is 2. The molecule has 1 aliphatic heterocycles. The minimum absolute atomic E-state index is 0.0220. The number of benzene rings is 1. The van der Waals surface area contributed by atoms with E-state index in [1.807, 2.05) is 36.6 Å². The van der Waals surface area contributed by atoms with E-state index in [-0.39, 0.29) is 17.0 Å². The van der Waals surface area contributed by atoms with Crippen LogP contribution in [-0.4, -0.2) is 83.5 Å². The SMILES string of the molecule is CCN(CC)CCCN1C(=O)C(=O)/C(=C(/O)c2nc3c(C)cccn3c2C)C1c1cc(OC)c(OC)c(OC)c1. The summed E-state index contributed by atoms with van der Waals surface area (Å²) in [6.07, 6.45) is 2.51. The first-order valence-electron chi connectivity index (χ1n) is 13.5. The highest BCUT2D eigenvalue weighted by Crippen LogP contribution is 2.46. The van der Waals surface area contributed by atoms with E-state index in [9.17, 15) is 14.7 Å². The van der Waals surface area contributed by atoms with Gasteiger partial charge in [0.05, 0.1) is 38.6 Å². The summed E-state index contributed by atoms with van der Waals surface area (Å²) < 4.78 is 18.5. The quantitative estimate of drug-likeness (QED) is 0.216. The third kappa shape index (κ3) is 4.99. The lowest BCUT2D eigenvalue weighted by molar-refractivity contribution is -0.140. The number of imidazole rings is 1. The molecule has 3 aromatic rings. The third-order valence-corrected chi connectivity index (χ3v) is 7.62. The highest BCUT2D eigenvalue weighted by atomic mass is 16.5. The van der Waals surface area contributed by atoms with Crippen LogP contribution in [0.1, 0.15) is 48.8 Å². The molecule has 1 unspecified atom stereocenters. The zero-order chi connectivity index (χ0) is 29.1. The van der Waals surface area contributed by atoms with Crippen LogP contribution in [-0.2, 0) is 9.59 Å². The van der Waals surface area contributed by atoms with E-state index >= 15 is 0 Å². The second-order valence-electron chi connectivity index (χ2n) is 9.76. The van der Waals surface area contributed by atoms with Gasteiger partial charge in [-0.2, -0.15) is 0 Å². The molecule has 10 nitrogen and oxygen atoms in total. The first-order valence-corrected chi connectivity index (χ1v) is 13.5. The predicted molar refractivity (Wildman–Crippen MR) is 152 cm³/mol. The maximum absolute atomic E-state index is 13.6. The van der Waals surface area contributed by atoms with E-state index in [0.717, 1.165) is 25.2 Å². The summed E-state index contributed by atoms with van der Waals surface area (Å²) in [6.45, 7) is 10.8. The smallest absolute Gasteiger partial charge is 0.295 e. The second kappa shape index (κ2) is 12.0. The molecule has 10 heteroatoms. The van der Waals surface area contributed by atoms with Gasteiger partial charge in [-0.25, -0.2) is 4.98 Å². The summed E-state index contributed by atoms with van der Waals surface area (Å²) in [6, 6.07) is 6.37. The number of hydrogen-bond acceptors (Lipinski definition) is 8. The normalized spacial score (nSPS) is 16.8. The summed E-state index contributed by atoms with van der Waals surface area (Å²) in [4.78, 5) is 35.6. The number of carbonyl (C=O) groups is 2. The lowest BCUT2D eigenvalue weighted by atomic mass is 9.95. The van der Waals surface area contributed by atoms with Gasteiger partial charge in [0.1, 0.15) is 11.3 Å². The van der Waals surface area contributed by atoms with Gasteiger partial charge in [0.15, 0.2) is 17.3 Å². The van der Waals surface area contributed by atoms with Gasteiger partial charge in [-0.05, 0) is 69.2 Å². The average molecular weight is 551 g/mol. The number of ketones is 1. The molecule has 0 bridgehead atoms. The first kappa shape index (κ1) is 28.9. The number of amides is 1. The predicted octanol–water partition coefficient (Wildman–Crippen LogP) is 4.13. The molecule has 1 aromatic carbocycles. The van der Waals surface area contributed by atoms with Gasteiger partial charge in [0.2, 0.25) is 5.75 Å². The maximum atomic E-state index is 13.6. The maximum Gasteiger partial charge on any atom is 0.295 e. The summed E-state index contributed by atoms with van der Waals surface area (Å²) in [7, 11) is 4.52. The van der Waals surface area contributed by atoms with Crippen LogP contribution in [0.5, 0.6) is 17.2 Å². The average Bonchev–Trinajstić information content (AvgIpc) is 3.44. The van der Waals surface area contributed by atoms with Crippen LogP contribution in [0.2, 0.25) is 0 Å². The molecule has 3 heterocycles. The molecule has 2 aromatic heterocycles. The number of rotatable bonds is 11. The number of carbonyl (C=O) groups excluding carboxylic acids is 2. The lowest BCUT2D eigenvalue weighted by Crippen LogP contribution is -2.33. The number of fused-ring (bicyclic) bond motifs is 1. The summed E-state index contributed by atoms with van der Waals surface area (Å²) in [5.74, 6) is -0.595. The number of aliphatic hydroxyl groups excluding tert-OH is 1. The van der Waals surface area contributed by atoms with Gasteiger partial charge in [0.25, 0.3) is 11.7 Å². The highest BCUT2D eigenvalue weighted by molar-refractivity contribution is 6.46. The Hall–Kier alpha value is -4.05. The molecule has 1 atom stereocenters. The number of hydrogen-bond donors (Lipinski definition) is 1. The molecule has 1 aliphatic rings. The van der Waals surface area contributed by atoms with Crippen molar-refractivity contribution in [2.45, 2.75) is 40.2 Å². The Morgan fingerprint density at radius 1 is 1.05 bits per heavy atom. The van der Waals surface area contributed by atoms with Gasteiger partial charge in [-0.1, -0.05) is 19.9 Å². The molecule has 1 amide bonds. The van der Waals surface area contributed by atoms with Crippen LogP contribution in [0.3, 0.4) is 0 Å². The number of methoxy groups -OCH3 is 3. The number of aliphatic hydroxyl groups is 1. The lowest BCUT2D eigenvalue weighted by Gasteiger charge is -2.27. The van der Waals surface area contributed by atoms with Crippen molar-refractivity contribution in [2.24, 2.45) is 0 Å². The van der Waals surface area contributed by atoms with Gasteiger partial charge in [0, 0.05) is 12.7 Å². The molecule has 0 aliphatic carbocycles. The fourth-order valence-electron chi connectivity index (χ4n) is 5.39. The van der Waals surface area contributed by atoms with Crippen molar-refractivity contribution in [3.05, 3.63) is 58.6 Å². The molecular formula is C30H38N4O6. The van der Waals surface area contributed by atoms with Gasteiger partial charge in [-0.15, -0.1) is 0 Å². The van der Waals surface area contributed by atoms with Crippen LogP contribution < -0.4 is 14.2 Å². The van der Waals surface area contributed by atoms with Gasteiger partial charge < -0.3 is 33.5 Å². The molecule has 214 valence electrons. The van der Waals surface area contributed by atoms with E-state index in [0.29, 0.717) is 47.1 Å². The standard InChI is InChI=1S/C30H38N4O6/c1-8-32(9-2)13-11-15-34-25(20-16-21(38-5)28(40-7)22(17-20)39-6)23(27(36)30(34)37)26(35)24-19(4)33-14-10-12-18(3)29(33)31-24/h10,12,14,16-17,25,35H,8-9,11,13,15H2,1-7H3/b26-23+. The minimum atomic E-state index is -0.879. The van der Waals surface area contributed by atoms with Crippen LogP contribution >= 0.6 is 0 Å². The molecule has 1 fully saturated rings. The zero-order valence-electron chi connectivity index (χ0n) is 24.3. The molecule has 4 rings (SSSR count). The fraction of sp³-hybridized carbons (Fsp3) is 0.433. The van der Waals surface area contributed by atoms with E-state index < -0.39 is 17.7 Å². The van der Waals surface area contributed by atoms with Crippen molar-refractivity contribution >= 4 is 23.1 Å². The molecular weight excluding hydrogens is 512 g/mol. The number of nitrogens with zero attached hydrogens (tertiary/aromatic N) is 4. The number of pyridine rings is 1. The molecule has 0 radical (unpaired) electrons. The second-order valence-corrected chi connectivity index (χ2v) is 9.76. The Morgan fingerprint density at radius 2 is 1.70 bits per heavy atom. The van der Waals surface area contributed by atoms with E-state index in [1.54, 1.807) is 12.1 Å². The van der Waals surface area contributed by atoms with E-state index in [2.05, 4.69) is 23.7 Å². The molecule has 40 heavy (non-hydrogen) atoms. The molecule has 1 saturated heterocycles. The van der Waals surface area contributed by atoms with Gasteiger partial charge >= 0.3 is 0 Å². The van der Waals surface area contributed by atoms with E-state index in [4.69, 9.17) is 14.2 Å². The van der Waals surface area contributed by atoms with Crippen LogP contribution in [0.4, 0.5) is 0 Å². The number of Topliss-reactive ketones (excluding diaryl/α,β-unsaturated/α-hetero) is 1. The van der Waals surface area contributed by atoms with Crippen molar-refractivity contribution in [1.82, 2.24) is 19.2 Å². The minimum Gasteiger partial charge on any atom is -0.505 e. The Kier molecular flexibility index (Phi) is 8.68.